The molecule has 20 heavy (non-hydrogen) atoms. The van der Waals surface area contributed by atoms with Crippen LogP contribution in [0.15, 0.2) is 24.5 Å². The van der Waals surface area contributed by atoms with Gasteiger partial charge in [-0.1, -0.05) is 0 Å². The molecule has 1 aromatic heterocycles. The molecular weight excluding hydrogens is 256 g/mol. The maximum Gasteiger partial charge on any atom is 0.307 e. The maximum absolute atomic E-state index is 12.0. The fourth-order valence-corrected chi connectivity index (χ4v) is 2.66. The molecule has 0 aromatic carbocycles. The van der Waals surface area contributed by atoms with Crippen molar-refractivity contribution >= 4 is 5.97 Å². The Morgan fingerprint density at radius 1 is 1.40 bits per heavy atom. The van der Waals surface area contributed by atoms with Crippen LogP contribution >= 0.6 is 0 Å². The molecule has 0 radical (unpaired) electrons. The number of pyridine rings is 1. The molecule has 0 saturated carbocycles. The summed E-state index contributed by atoms with van der Waals surface area (Å²) in [5.74, 6) is -0.168. The molecule has 0 amide bonds. The highest BCUT2D eigenvalue weighted by Crippen LogP contribution is 2.32. The van der Waals surface area contributed by atoms with Crippen molar-refractivity contribution in [1.29, 1.82) is 0 Å². The number of nitrogens with zero attached hydrogens (tertiary/aromatic N) is 2. The first kappa shape index (κ1) is 14.9. The summed E-state index contributed by atoms with van der Waals surface area (Å²) in [4.78, 5) is 18.3. The fourth-order valence-electron chi connectivity index (χ4n) is 2.66. The Morgan fingerprint density at radius 3 is 2.65 bits per heavy atom. The summed E-state index contributed by atoms with van der Waals surface area (Å²) in [7, 11) is 0. The lowest BCUT2D eigenvalue weighted by Gasteiger charge is -2.43. The molecule has 1 saturated heterocycles. The first-order chi connectivity index (χ1) is 9.66. The smallest absolute Gasteiger partial charge is 0.307 e. The number of ether oxygens (including phenoxy) is 2. The van der Waals surface area contributed by atoms with Crippen LogP contribution in [0.1, 0.15) is 25.8 Å². The van der Waals surface area contributed by atoms with Gasteiger partial charge in [0, 0.05) is 25.5 Å². The minimum Gasteiger partial charge on any atom is -0.466 e. The van der Waals surface area contributed by atoms with E-state index in [-0.39, 0.29) is 11.5 Å². The lowest BCUT2D eigenvalue weighted by molar-refractivity contribution is -0.147. The zero-order valence-electron chi connectivity index (χ0n) is 12.2. The maximum atomic E-state index is 12.0. The number of rotatable bonds is 5. The van der Waals surface area contributed by atoms with Gasteiger partial charge in [0.15, 0.2) is 0 Å². The largest absolute Gasteiger partial charge is 0.466 e. The number of carbonyl (C=O) groups excluding carboxylic acids is 1. The number of carbonyl (C=O) groups is 1. The summed E-state index contributed by atoms with van der Waals surface area (Å²) >= 11 is 0. The van der Waals surface area contributed by atoms with Gasteiger partial charge in [-0.25, -0.2) is 0 Å². The van der Waals surface area contributed by atoms with Crippen molar-refractivity contribution in [2.45, 2.75) is 25.8 Å². The topological polar surface area (TPSA) is 51.7 Å². The molecule has 0 bridgehead atoms. The van der Waals surface area contributed by atoms with E-state index in [1.807, 2.05) is 19.1 Å². The molecule has 1 unspecified atom stereocenters. The summed E-state index contributed by atoms with van der Waals surface area (Å²) in [5, 5.41) is 0. The van der Waals surface area contributed by atoms with Gasteiger partial charge in [0.2, 0.25) is 0 Å². The van der Waals surface area contributed by atoms with E-state index in [9.17, 15) is 4.79 Å². The van der Waals surface area contributed by atoms with Crippen molar-refractivity contribution in [3.05, 3.63) is 30.1 Å². The van der Waals surface area contributed by atoms with E-state index in [1.165, 1.54) is 0 Å². The molecule has 0 N–H and O–H groups in total. The molecule has 1 aliphatic heterocycles. The van der Waals surface area contributed by atoms with Crippen LogP contribution in [0.25, 0.3) is 0 Å². The Balaban J connectivity index is 2.24. The lowest BCUT2D eigenvalue weighted by Crippen LogP contribution is -2.50. The standard InChI is InChI=1S/C15H22N2O3/c1-3-20-14(18)12-15(2,13-4-6-16-7-5-13)17-8-10-19-11-9-17/h4-7H,3,8-12H2,1-2H3. The summed E-state index contributed by atoms with van der Waals surface area (Å²) < 4.78 is 10.6. The minimum absolute atomic E-state index is 0.168. The zero-order valence-corrected chi connectivity index (χ0v) is 12.2. The molecule has 1 fully saturated rings. The van der Waals surface area contributed by atoms with E-state index in [1.54, 1.807) is 12.4 Å². The molecule has 0 aliphatic carbocycles. The van der Waals surface area contributed by atoms with Crippen molar-refractivity contribution < 1.29 is 14.3 Å². The number of hydrogen-bond acceptors (Lipinski definition) is 5. The molecule has 5 nitrogen and oxygen atoms in total. The van der Waals surface area contributed by atoms with Crippen LogP contribution in [-0.4, -0.2) is 48.8 Å². The second-order valence-corrected chi connectivity index (χ2v) is 5.09. The highest BCUT2D eigenvalue weighted by Gasteiger charge is 2.37. The fraction of sp³-hybridized carbons (Fsp3) is 0.600. The average Bonchev–Trinajstić information content (AvgIpc) is 2.49. The predicted octanol–water partition coefficient (Wildman–Crippen LogP) is 1.58. The Bertz CT molecular complexity index is 432. The van der Waals surface area contributed by atoms with Crippen LogP contribution < -0.4 is 0 Å². The Labute approximate surface area is 119 Å². The lowest BCUT2D eigenvalue weighted by atomic mass is 9.87. The van der Waals surface area contributed by atoms with Gasteiger partial charge < -0.3 is 9.47 Å². The van der Waals surface area contributed by atoms with Crippen LogP contribution in [0.5, 0.6) is 0 Å². The van der Waals surface area contributed by atoms with Gasteiger partial charge >= 0.3 is 5.97 Å². The highest BCUT2D eigenvalue weighted by molar-refractivity contribution is 5.71. The van der Waals surface area contributed by atoms with Crippen LogP contribution in [0.2, 0.25) is 0 Å². The summed E-state index contributed by atoms with van der Waals surface area (Å²) in [6.45, 7) is 7.36. The van der Waals surface area contributed by atoms with Crippen molar-refractivity contribution in [2.75, 3.05) is 32.9 Å². The molecular formula is C15H22N2O3. The van der Waals surface area contributed by atoms with E-state index in [0.29, 0.717) is 26.2 Å². The Morgan fingerprint density at radius 2 is 2.05 bits per heavy atom. The van der Waals surface area contributed by atoms with E-state index in [2.05, 4.69) is 16.8 Å². The Hall–Kier alpha value is -1.46. The zero-order chi connectivity index (χ0) is 14.4. The van der Waals surface area contributed by atoms with Crippen LogP contribution in [0.3, 0.4) is 0 Å². The summed E-state index contributed by atoms with van der Waals surface area (Å²) in [6, 6.07) is 3.93. The number of morpholine rings is 1. The van der Waals surface area contributed by atoms with Crippen LogP contribution in [-0.2, 0) is 19.8 Å². The quantitative estimate of drug-likeness (QED) is 0.765. The van der Waals surface area contributed by atoms with Gasteiger partial charge in [-0.3, -0.25) is 14.7 Å². The third-order valence-corrected chi connectivity index (χ3v) is 3.81. The monoisotopic (exact) mass is 278 g/mol. The van der Waals surface area contributed by atoms with E-state index in [4.69, 9.17) is 9.47 Å². The molecule has 0 spiro atoms. The highest BCUT2D eigenvalue weighted by atomic mass is 16.5. The first-order valence-corrected chi connectivity index (χ1v) is 7.05. The van der Waals surface area contributed by atoms with Crippen molar-refractivity contribution in [1.82, 2.24) is 9.88 Å². The second-order valence-electron chi connectivity index (χ2n) is 5.09. The van der Waals surface area contributed by atoms with Gasteiger partial charge in [-0.05, 0) is 31.5 Å². The first-order valence-electron chi connectivity index (χ1n) is 7.05. The summed E-state index contributed by atoms with van der Waals surface area (Å²) in [6.07, 6.45) is 3.86. The second kappa shape index (κ2) is 6.81. The van der Waals surface area contributed by atoms with Crippen LogP contribution in [0.4, 0.5) is 0 Å². The van der Waals surface area contributed by atoms with Gasteiger partial charge in [-0.15, -0.1) is 0 Å². The summed E-state index contributed by atoms with van der Waals surface area (Å²) in [5.41, 5.74) is 0.710. The van der Waals surface area contributed by atoms with Gasteiger partial charge in [0.25, 0.3) is 0 Å². The normalized spacial score (nSPS) is 19.3. The Kier molecular flexibility index (Phi) is 5.09. The van der Waals surface area contributed by atoms with Crippen LogP contribution in [0, 0.1) is 0 Å². The molecule has 1 atom stereocenters. The molecule has 1 aromatic rings. The SMILES string of the molecule is CCOC(=O)CC(C)(c1ccncc1)N1CCOCC1. The average molecular weight is 278 g/mol. The molecule has 5 heteroatoms. The predicted molar refractivity (Wildman–Crippen MR) is 75.2 cm³/mol. The number of hydrogen-bond donors (Lipinski definition) is 0. The third-order valence-electron chi connectivity index (χ3n) is 3.81. The van der Waals surface area contributed by atoms with Crippen molar-refractivity contribution in [2.24, 2.45) is 0 Å². The molecule has 2 rings (SSSR count). The molecule has 110 valence electrons. The van der Waals surface area contributed by atoms with E-state index >= 15 is 0 Å². The van der Waals surface area contributed by atoms with Gasteiger partial charge in [0.1, 0.15) is 0 Å². The number of aromatic nitrogens is 1. The van der Waals surface area contributed by atoms with Crippen molar-refractivity contribution in [3.8, 4) is 0 Å². The minimum atomic E-state index is -0.376. The molecule has 2 heterocycles. The molecule has 1 aliphatic rings. The third kappa shape index (κ3) is 3.35. The van der Waals surface area contributed by atoms with Gasteiger partial charge in [0.05, 0.1) is 31.8 Å². The van der Waals surface area contributed by atoms with E-state index < -0.39 is 0 Å². The number of esters is 1. The van der Waals surface area contributed by atoms with Gasteiger partial charge in [-0.2, -0.15) is 0 Å². The van der Waals surface area contributed by atoms with Crippen molar-refractivity contribution in [3.63, 3.8) is 0 Å². The van der Waals surface area contributed by atoms with E-state index in [0.717, 1.165) is 18.7 Å².